The summed E-state index contributed by atoms with van der Waals surface area (Å²) >= 11 is 6.58. The number of anilines is 1. The Labute approximate surface area is 195 Å². The molecular formula is C21H20Br2N2O6. The number of hydrogen-bond acceptors (Lipinski definition) is 6. The van der Waals surface area contributed by atoms with Crippen molar-refractivity contribution in [2.24, 2.45) is 5.92 Å². The van der Waals surface area contributed by atoms with E-state index in [9.17, 15) is 19.5 Å². The van der Waals surface area contributed by atoms with E-state index in [1.807, 2.05) is 0 Å². The fourth-order valence-electron chi connectivity index (χ4n) is 2.69. The summed E-state index contributed by atoms with van der Waals surface area (Å²) in [6, 6.07) is 9.50. The van der Waals surface area contributed by atoms with E-state index in [4.69, 9.17) is 9.94 Å². The lowest BCUT2D eigenvalue weighted by atomic mass is 9.96. The molecule has 0 saturated carbocycles. The largest absolute Gasteiger partial charge is 0.506 e. The summed E-state index contributed by atoms with van der Waals surface area (Å²) in [5.74, 6) is -1.54. The van der Waals surface area contributed by atoms with Gasteiger partial charge in [-0.15, -0.1) is 0 Å². The summed E-state index contributed by atoms with van der Waals surface area (Å²) in [5.41, 5.74) is 2.69. The molecule has 0 spiro atoms. The van der Waals surface area contributed by atoms with E-state index in [0.29, 0.717) is 25.8 Å². The summed E-state index contributed by atoms with van der Waals surface area (Å²) < 4.78 is 6.59. The molecule has 2 aromatic carbocycles. The molecule has 164 valence electrons. The number of ether oxygens (including phenoxy) is 1. The van der Waals surface area contributed by atoms with Crippen LogP contribution in [0, 0.1) is 5.92 Å². The van der Waals surface area contributed by atoms with Crippen molar-refractivity contribution in [3.63, 3.8) is 0 Å². The average molecular weight is 556 g/mol. The zero-order valence-corrected chi connectivity index (χ0v) is 19.7. The fraction of sp³-hybridized carbons (Fsp3) is 0.190. The Balaban J connectivity index is 2.29. The Morgan fingerprint density at radius 3 is 2.35 bits per heavy atom. The Bertz CT molecular complexity index is 1010. The summed E-state index contributed by atoms with van der Waals surface area (Å²) in [6.07, 6.45) is 0.735. The van der Waals surface area contributed by atoms with Gasteiger partial charge < -0.3 is 9.84 Å². The van der Waals surface area contributed by atoms with Gasteiger partial charge in [-0.05, 0) is 59.3 Å². The second kappa shape index (κ2) is 11.1. The molecule has 0 bridgehead atoms. The maximum Gasteiger partial charge on any atom is 0.412 e. The van der Waals surface area contributed by atoms with Crippen molar-refractivity contribution in [2.45, 2.75) is 20.0 Å². The van der Waals surface area contributed by atoms with Crippen molar-refractivity contribution in [1.29, 1.82) is 0 Å². The number of phenolic OH excluding ortho intramolecular Hbond substituents is 1. The minimum atomic E-state index is -0.979. The highest BCUT2D eigenvalue weighted by Gasteiger charge is 2.27. The first-order valence-corrected chi connectivity index (χ1v) is 10.6. The van der Waals surface area contributed by atoms with Gasteiger partial charge >= 0.3 is 6.09 Å². The van der Waals surface area contributed by atoms with Gasteiger partial charge in [0, 0.05) is 33.3 Å². The number of hydrogen-bond donors (Lipinski definition) is 4. The van der Waals surface area contributed by atoms with Gasteiger partial charge in [-0.3, -0.25) is 20.1 Å². The van der Waals surface area contributed by atoms with Gasteiger partial charge in [0.25, 0.3) is 5.91 Å². The minimum Gasteiger partial charge on any atom is -0.506 e. The van der Waals surface area contributed by atoms with E-state index in [1.54, 1.807) is 43.3 Å². The van der Waals surface area contributed by atoms with E-state index >= 15 is 0 Å². The van der Waals surface area contributed by atoms with E-state index in [2.05, 4.69) is 37.2 Å². The fourth-order valence-corrected chi connectivity index (χ4v) is 3.94. The Morgan fingerprint density at radius 2 is 1.77 bits per heavy atom. The minimum absolute atomic E-state index is 0.0996. The Morgan fingerprint density at radius 1 is 1.13 bits per heavy atom. The Hall–Kier alpha value is -2.69. The van der Waals surface area contributed by atoms with E-state index < -0.39 is 24.0 Å². The molecule has 2 atom stereocenters. The highest BCUT2D eigenvalue weighted by atomic mass is 79.9. The quantitative estimate of drug-likeness (QED) is 0.163. The predicted molar refractivity (Wildman–Crippen MR) is 121 cm³/mol. The van der Waals surface area contributed by atoms with Gasteiger partial charge in [-0.1, -0.05) is 28.9 Å². The third kappa shape index (κ3) is 6.91. The molecular weight excluding hydrogens is 536 g/mol. The summed E-state index contributed by atoms with van der Waals surface area (Å²) in [5, 5.41) is 21.7. The van der Waals surface area contributed by atoms with Crippen LogP contribution in [0.15, 0.2) is 57.5 Å². The van der Waals surface area contributed by atoms with Crippen LogP contribution in [0.25, 0.3) is 0 Å². The second-order valence-corrected chi connectivity index (χ2v) is 8.37. The number of aromatic hydroxyl groups is 1. The number of ketones is 1. The van der Waals surface area contributed by atoms with E-state index in [1.165, 1.54) is 18.5 Å². The van der Waals surface area contributed by atoms with Crippen LogP contribution < -0.4 is 10.8 Å². The summed E-state index contributed by atoms with van der Waals surface area (Å²) in [6.45, 7) is 3.12. The number of rotatable bonds is 7. The lowest BCUT2D eigenvalue weighted by Gasteiger charge is -2.24. The highest BCUT2D eigenvalue weighted by Crippen LogP contribution is 2.40. The maximum absolute atomic E-state index is 12.5. The van der Waals surface area contributed by atoms with Gasteiger partial charge in [-0.2, -0.15) is 0 Å². The van der Waals surface area contributed by atoms with Gasteiger partial charge in [0.15, 0.2) is 5.78 Å². The second-order valence-electron chi connectivity index (χ2n) is 6.60. The van der Waals surface area contributed by atoms with Crippen molar-refractivity contribution in [2.75, 3.05) is 5.32 Å². The number of halogens is 2. The molecule has 0 aliphatic rings. The van der Waals surface area contributed by atoms with E-state index in [-0.39, 0.29) is 11.5 Å². The molecule has 0 radical (unpaired) electrons. The molecule has 31 heavy (non-hydrogen) atoms. The van der Waals surface area contributed by atoms with Gasteiger partial charge in [0.1, 0.15) is 11.9 Å². The summed E-state index contributed by atoms with van der Waals surface area (Å²) in [7, 11) is 0. The molecule has 0 aliphatic carbocycles. The number of nitrogens with one attached hydrogen (secondary N) is 2. The number of phenols is 1. The van der Waals surface area contributed by atoms with Crippen LogP contribution in [0.4, 0.5) is 10.5 Å². The van der Waals surface area contributed by atoms with Crippen LogP contribution in [0.2, 0.25) is 0 Å². The molecule has 8 nitrogen and oxygen atoms in total. The van der Waals surface area contributed by atoms with Crippen molar-refractivity contribution < 1.29 is 29.4 Å². The monoisotopic (exact) mass is 554 g/mol. The van der Waals surface area contributed by atoms with Crippen LogP contribution in [-0.2, 0) is 9.53 Å². The third-order valence-corrected chi connectivity index (χ3v) is 5.34. The number of benzene rings is 2. The van der Waals surface area contributed by atoms with Crippen LogP contribution in [0.1, 0.15) is 35.9 Å². The van der Waals surface area contributed by atoms with Crippen LogP contribution in [0.3, 0.4) is 0 Å². The topological polar surface area (TPSA) is 125 Å². The van der Waals surface area contributed by atoms with Crippen LogP contribution in [0.5, 0.6) is 5.75 Å². The maximum atomic E-state index is 12.5. The lowest BCUT2D eigenvalue weighted by molar-refractivity contribution is -0.124. The zero-order valence-electron chi connectivity index (χ0n) is 16.6. The smallest absolute Gasteiger partial charge is 0.412 e. The number of Topliss-reactive ketones (excluding diaryl/α,β-unsaturated/α-hetero) is 1. The third-order valence-electron chi connectivity index (χ3n) is 4.27. The van der Waals surface area contributed by atoms with Gasteiger partial charge in [-0.25, -0.2) is 10.3 Å². The molecule has 0 saturated heterocycles. The first-order valence-electron chi connectivity index (χ1n) is 9.01. The van der Waals surface area contributed by atoms with Crippen molar-refractivity contribution in [3.05, 3.63) is 68.6 Å². The van der Waals surface area contributed by atoms with Crippen molar-refractivity contribution in [3.8, 4) is 5.75 Å². The molecule has 0 fully saturated rings. The van der Waals surface area contributed by atoms with Gasteiger partial charge in [0.2, 0.25) is 0 Å². The van der Waals surface area contributed by atoms with Crippen molar-refractivity contribution in [1.82, 2.24) is 5.48 Å². The molecule has 2 rings (SSSR count). The molecule has 0 aromatic heterocycles. The highest BCUT2D eigenvalue weighted by molar-refractivity contribution is 9.11. The van der Waals surface area contributed by atoms with Gasteiger partial charge in [0.05, 0.1) is 4.47 Å². The van der Waals surface area contributed by atoms with Crippen LogP contribution in [-0.4, -0.2) is 28.1 Å². The molecule has 2 amide bonds. The zero-order chi connectivity index (χ0) is 23.1. The summed E-state index contributed by atoms with van der Waals surface area (Å²) in [4.78, 5) is 35.3. The number of hydroxylamine groups is 1. The standard InChI is InChI=1S/C21H20Br2N2O6/c1-11(3-8-18(27)25-30)20(16-9-14(22)10-17(23)19(16)28)31-21(29)24-15-6-4-13(5-7-15)12(2)26/h3-11,20,28,30H,1-2H3,(H,24,29)(H,25,27)/b8-3+/t11-,20-/m0/s1. The molecule has 10 heteroatoms. The number of carbonyl (C=O) groups is 3. The molecule has 0 unspecified atom stereocenters. The normalized spacial score (nSPS) is 12.8. The number of carbonyl (C=O) groups excluding carboxylic acids is 3. The molecule has 2 aromatic rings. The Kier molecular flexibility index (Phi) is 8.78. The predicted octanol–water partition coefficient (Wildman–Crippen LogP) is 5.11. The van der Waals surface area contributed by atoms with Crippen molar-refractivity contribution >= 4 is 55.3 Å². The van der Waals surface area contributed by atoms with E-state index in [0.717, 1.165) is 6.08 Å². The first kappa shape index (κ1) is 24.6. The molecule has 4 N–H and O–H groups in total. The number of amides is 2. The first-order chi connectivity index (χ1) is 14.6. The SMILES string of the molecule is CC(=O)c1ccc(NC(=O)O[C@H](c2cc(Br)cc(Br)c2O)[C@@H](C)/C=C/C(=O)NO)cc1. The molecule has 0 heterocycles. The lowest BCUT2D eigenvalue weighted by Crippen LogP contribution is -2.22. The van der Waals surface area contributed by atoms with Crippen LogP contribution >= 0.6 is 31.9 Å². The molecule has 0 aliphatic heterocycles. The average Bonchev–Trinajstić information content (AvgIpc) is 2.73.